The van der Waals surface area contributed by atoms with Crippen LogP contribution in [-0.4, -0.2) is 18.5 Å². The highest BCUT2D eigenvalue weighted by Gasteiger charge is 2.01. The van der Waals surface area contributed by atoms with Gasteiger partial charge in [-0.2, -0.15) is 0 Å². The molecule has 1 aromatic rings. The van der Waals surface area contributed by atoms with Gasteiger partial charge < -0.3 is 14.6 Å². The zero-order valence-electron chi connectivity index (χ0n) is 8.49. The first-order chi connectivity index (χ1) is 7.31. The molecular weight excluding hydrogens is 192 g/mol. The van der Waals surface area contributed by atoms with E-state index in [0.29, 0.717) is 5.75 Å². The van der Waals surface area contributed by atoms with Crippen molar-refractivity contribution >= 4 is 6.29 Å². The minimum atomic E-state index is -0.0643. The molecule has 0 spiro atoms. The van der Waals surface area contributed by atoms with Gasteiger partial charge in [0, 0.05) is 11.1 Å². The minimum absolute atomic E-state index is 0.0643. The Morgan fingerprint density at radius 1 is 1.53 bits per heavy atom. The molecule has 3 heteroatoms. The van der Waals surface area contributed by atoms with Crippen molar-refractivity contribution in [2.24, 2.45) is 0 Å². The van der Waals surface area contributed by atoms with Gasteiger partial charge in [-0.25, -0.2) is 0 Å². The second kappa shape index (κ2) is 5.84. The van der Waals surface area contributed by atoms with Crippen LogP contribution >= 0.6 is 0 Å². The summed E-state index contributed by atoms with van der Waals surface area (Å²) in [6, 6.07) is 5.28. The first-order valence-electron chi connectivity index (χ1n) is 4.52. The highest BCUT2D eigenvalue weighted by Crippen LogP contribution is 2.19. The van der Waals surface area contributed by atoms with Gasteiger partial charge in [-0.1, -0.05) is 17.9 Å². The number of rotatable bonds is 3. The van der Waals surface area contributed by atoms with Crippen LogP contribution in [0.3, 0.4) is 0 Å². The number of aliphatic hydroxyl groups excluding tert-OH is 1. The Labute approximate surface area is 88.7 Å². The Hall–Kier alpha value is -1.79. The molecule has 0 radical (unpaired) electrons. The highest BCUT2D eigenvalue weighted by molar-refractivity contribution is 5.55. The van der Waals surface area contributed by atoms with Crippen molar-refractivity contribution in [1.29, 1.82) is 0 Å². The topological polar surface area (TPSA) is 46.5 Å². The smallest absolute Gasteiger partial charge is 0.131 e. The summed E-state index contributed by atoms with van der Waals surface area (Å²) in [7, 11) is 1.54. The quantitative estimate of drug-likeness (QED) is 0.593. The lowest BCUT2D eigenvalue weighted by Gasteiger charge is -2.05. The largest absolute Gasteiger partial charge is 0.496 e. The number of carbonyl (C=O) groups is 1. The van der Waals surface area contributed by atoms with Gasteiger partial charge in [-0.3, -0.25) is 0 Å². The molecule has 0 aromatic heterocycles. The van der Waals surface area contributed by atoms with E-state index >= 15 is 0 Å². The normalized spacial score (nSPS) is 8.93. The van der Waals surface area contributed by atoms with Crippen molar-refractivity contribution in [3.05, 3.63) is 29.3 Å². The first-order valence-corrected chi connectivity index (χ1v) is 4.52. The molecule has 1 N–H and O–H groups in total. The predicted octanol–water partition coefficient (Wildman–Crippen LogP) is 1.13. The Balaban J connectivity index is 2.94. The van der Waals surface area contributed by atoms with Gasteiger partial charge in [-0.15, -0.1) is 0 Å². The average Bonchev–Trinajstić information content (AvgIpc) is 2.29. The lowest BCUT2D eigenvalue weighted by molar-refractivity contribution is -0.107. The summed E-state index contributed by atoms with van der Waals surface area (Å²) < 4.78 is 5.09. The van der Waals surface area contributed by atoms with Crippen LogP contribution < -0.4 is 4.74 Å². The molecule has 0 saturated carbocycles. The van der Waals surface area contributed by atoms with Crippen LogP contribution in [0.15, 0.2) is 18.2 Å². The molecule has 0 unspecified atom stereocenters. The van der Waals surface area contributed by atoms with Crippen molar-refractivity contribution in [3.63, 3.8) is 0 Å². The van der Waals surface area contributed by atoms with Gasteiger partial charge in [0.05, 0.1) is 20.1 Å². The Morgan fingerprint density at radius 3 is 2.93 bits per heavy atom. The molecule has 0 atom stereocenters. The molecule has 0 amide bonds. The lowest BCUT2D eigenvalue weighted by atomic mass is 10.1. The van der Waals surface area contributed by atoms with E-state index in [2.05, 4.69) is 11.8 Å². The summed E-state index contributed by atoms with van der Waals surface area (Å²) in [6.07, 6.45) is 0.983. The number of methoxy groups -OCH3 is 1. The molecule has 0 bridgehead atoms. The first kappa shape index (κ1) is 11.3. The van der Waals surface area contributed by atoms with Crippen LogP contribution in [0.1, 0.15) is 17.5 Å². The third-order valence-corrected chi connectivity index (χ3v) is 1.88. The summed E-state index contributed by atoms with van der Waals surface area (Å²) >= 11 is 0. The number of aliphatic hydroxyl groups is 1. The zero-order valence-corrected chi connectivity index (χ0v) is 8.49. The zero-order chi connectivity index (χ0) is 11.1. The van der Waals surface area contributed by atoms with E-state index in [-0.39, 0.29) is 13.0 Å². The number of carbonyl (C=O) groups excluding carboxylic acids is 1. The fraction of sp³-hybridized carbons (Fsp3) is 0.250. The molecule has 78 valence electrons. The van der Waals surface area contributed by atoms with E-state index in [9.17, 15) is 4.79 Å². The molecule has 3 nitrogen and oxygen atoms in total. The SMILES string of the molecule is COc1cc(C#CCC=O)ccc1CO. The molecule has 0 aliphatic heterocycles. The third kappa shape index (κ3) is 3.12. The molecule has 1 rings (SSSR count). The fourth-order valence-corrected chi connectivity index (χ4v) is 1.15. The van der Waals surface area contributed by atoms with E-state index in [1.165, 1.54) is 7.11 Å². The third-order valence-electron chi connectivity index (χ3n) is 1.88. The van der Waals surface area contributed by atoms with Crippen molar-refractivity contribution in [2.75, 3.05) is 7.11 Å². The summed E-state index contributed by atoms with van der Waals surface area (Å²) in [5.41, 5.74) is 1.49. The van der Waals surface area contributed by atoms with E-state index < -0.39 is 0 Å². The fourth-order valence-electron chi connectivity index (χ4n) is 1.15. The molecular formula is C12H12O3. The number of benzene rings is 1. The molecule has 0 aliphatic carbocycles. The number of aldehydes is 1. The highest BCUT2D eigenvalue weighted by atomic mass is 16.5. The minimum Gasteiger partial charge on any atom is -0.496 e. The second-order valence-corrected chi connectivity index (χ2v) is 2.86. The van der Waals surface area contributed by atoms with Crippen LogP contribution in [0, 0.1) is 11.8 Å². The summed E-state index contributed by atoms with van der Waals surface area (Å²) in [6.45, 7) is -0.0643. The Bertz CT molecular complexity index is 399. The van der Waals surface area contributed by atoms with Gasteiger partial charge >= 0.3 is 0 Å². The maximum Gasteiger partial charge on any atom is 0.131 e. The van der Waals surface area contributed by atoms with Crippen molar-refractivity contribution < 1.29 is 14.6 Å². The van der Waals surface area contributed by atoms with Gasteiger partial charge in [0.2, 0.25) is 0 Å². The molecule has 1 aromatic carbocycles. The van der Waals surface area contributed by atoms with Crippen LogP contribution in [-0.2, 0) is 11.4 Å². The second-order valence-electron chi connectivity index (χ2n) is 2.86. The molecule has 15 heavy (non-hydrogen) atoms. The van der Waals surface area contributed by atoms with Crippen molar-refractivity contribution in [1.82, 2.24) is 0 Å². The van der Waals surface area contributed by atoms with Gasteiger partial charge in [0.1, 0.15) is 12.0 Å². The van der Waals surface area contributed by atoms with E-state index in [4.69, 9.17) is 9.84 Å². The lowest BCUT2D eigenvalue weighted by Crippen LogP contribution is -1.92. The van der Waals surface area contributed by atoms with Crippen LogP contribution in [0.5, 0.6) is 5.75 Å². The summed E-state index contributed by atoms with van der Waals surface area (Å²) in [4.78, 5) is 10.1. The van der Waals surface area contributed by atoms with E-state index in [1.54, 1.807) is 18.2 Å². The molecule has 0 heterocycles. The number of ether oxygens (including phenoxy) is 1. The van der Waals surface area contributed by atoms with Crippen LogP contribution in [0.25, 0.3) is 0 Å². The van der Waals surface area contributed by atoms with Gasteiger partial charge in [0.15, 0.2) is 0 Å². The van der Waals surface area contributed by atoms with Crippen LogP contribution in [0.4, 0.5) is 0 Å². The van der Waals surface area contributed by atoms with E-state index in [0.717, 1.165) is 17.4 Å². The Morgan fingerprint density at radius 2 is 2.33 bits per heavy atom. The van der Waals surface area contributed by atoms with Gasteiger partial charge in [0.25, 0.3) is 0 Å². The average molecular weight is 204 g/mol. The molecule has 0 fully saturated rings. The number of hydrogen-bond acceptors (Lipinski definition) is 3. The van der Waals surface area contributed by atoms with Crippen molar-refractivity contribution in [2.45, 2.75) is 13.0 Å². The van der Waals surface area contributed by atoms with E-state index in [1.807, 2.05) is 0 Å². The van der Waals surface area contributed by atoms with Crippen molar-refractivity contribution in [3.8, 4) is 17.6 Å². The molecule has 0 aliphatic rings. The monoisotopic (exact) mass is 204 g/mol. The maximum atomic E-state index is 10.1. The molecule has 0 saturated heterocycles. The summed E-state index contributed by atoms with van der Waals surface area (Å²) in [5, 5.41) is 8.99. The van der Waals surface area contributed by atoms with Gasteiger partial charge in [-0.05, 0) is 12.1 Å². The standard InChI is InChI=1S/C12H12O3/c1-15-12-8-10(4-2-3-7-13)5-6-11(12)9-14/h5-8,14H,3,9H2,1H3. The number of hydrogen-bond donors (Lipinski definition) is 1. The maximum absolute atomic E-state index is 10.1. The van der Waals surface area contributed by atoms with Crippen LogP contribution in [0.2, 0.25) is 0 Å². The Kier molecular flexibility index (Phi) is 4.39. The summed E-state index contributed by atoms with van der Waals surface area (Å²) in [5.74, 6) is 6.14. The predicted molar refractivity (Wildman–Crippen MR) is 56.5 cm³/mol.